The first kappa shape index (κ1) is 21.5. The van der Waals surface area contributed by atoms with Crippen molar-refractivity contribution in [3.63, 3.8) is 0 Å². The maximum absolute atomic E-state index is 13.9. The van der Waals surface area contributed by atoms with Gasteiger partial charge in [0.15, 0.2) is 0 Å². The molecule has 0 fully saturated rings. The van der Waals surface area contributed by atoms with E-state index in [2.05, 4.69) is 15.6 Å². The molecule has 1 aliphatic rings. The molecule has 4 rings (SSSR count). The Morgan fingerprint density at radius 2 is 1.84 bits per heavy atom. The molecular formula is C25H24FN3O3. The third-order valence-corrected chi connectivity index (χ3v) is 5.53. The minimum absolute atomic E-state index is 0.219. The molecule has 2 heterocycles. The van der Waals surface area contributed by atoms with E-state index in [1.54, 1.807) is 12.3 Å². The van der Waals surface area contributed by atoms with Crippen molar-refractivity contribution in [2.75, 3.05) is 20.3 Å². The number of hydrogen-bond acceptors (Lipinski definition) is 4. The molecule has 0 spiro atoms. The Kier molecular flexibility index (Phi) is 6.44. The van der Waals surface area contributed by atoms with Gasteiger partial charge < -0.3 is 15.4 Å². The first-order valence-corrected chi connectivity index (χ1v) is 10.5. The molecule has 3 aromatic rings. The maximum atomic E-state index is 13.9. The minimum Gasteiger partial charge on any atom is -0.486 e. The number of nitrogens with zero attached hydrogens (tertiary/aromatic N) is 1. The summed E-state index contributed by atoms with van der Waals surface area (Å²) in [5.41, 5.74) is 2.92. The predicted molar refractivity (Wildman–Crippen MR) is 119 cm³/mol. The lowest BCUT2D eigenvalue weighted by Crippen LogP contribution is -2.27. The number of rotatable bonds is 7. The molecule has 1 aliphatic heterocycles. The Bertz CT molecular complexity index is 1110. The van der Waals surface area contributed by atoms with Crippen LogP contribution in [0.4, 0.5) is 4.39 Å². The van der Waals surface area contributed by atoms with Gasteiger partial charge in [-0.15, -0.1) is 0 Å². The van der Waals surface area contributed by atoms with Gasteiger partial charge in [-0.3, -0.25) is 14.6 Å². The highest BCUT2D eigenvalue weighted by Gasteiger charge is 2.39. The molecule has 0 saturated carbocycles. The number of amides is 2. The van der Waals surface area contributed by atoms with Gasteiger partial charge in [0.1, 0.15) is 18.5 Å². The van der Waals surface area contributed by atoms with Gasteiger partial charge >= 0.3 is 0 Å². The van der Waals surface area contributed by atoms with Crippen LogP contribution in [0.2, 0.25) is 0 Å². The van der Waals surface area contributed by atoms with Crippen molar-refractivity contribution in [2.24, 2.45) is 0 Å². The number of nitrogens with one attached hydrogen (secondary N) is 2. The second-order valence-corrected chi connectivity index (χ2v) is 7.55. The summed E-state index contributed by atoms with van der Waals surface area (Å²) >= 11 is 0. The summed E-state index contributed by atoms with van der Waals surface area (Å²) in [6.45, 7) is -0.318. The summed E-state index contributed by atoms with van der Waals surface area (Å²) < 4.78 is 19.8. The zero-order valence-corrected chi connectivity index (χ0v) is 17.7. The number of pyridine rings is 1. The van der Waals surface area contributed by atoms with Gasteiger partial charge in [0.05, 0.1) is 11.5 Å². The standard InChI is InChI=1S/C25H24FN3O3/c1-27-25(31)20-14-17(24(30)29-12-10-18-9-5-6-11-28-18)13-19-22(16-7-3-2-4-8-16)21(15-26)32-23(19)20/h2-9,11,13-14,21-22H,10,12,15H2,1H3,(H,27,31)(H,29,30)/t21-,22+/m0/s1. The minimum atomic E-state index is -0.765. The lowest BCUT2D eigenvalue weighted by Gasteiger charge is -2.16. The number of hydrogen-bond donors (Lipinski definition) is 2. The Hall–Kier alpha value is -3.74. The third kappa shape index (κ3) is 4.32. The molecule has 164 valence electrons. The molecule has 7 heteroatoms. The molecule has 2 amide bonds. The first-order chi connectivity index (χ1) is 15.6. The molecule has 0 saturated heterocycles. The lowest BCUT2D eigenvalue weighted by molar-refractivity contribution is 0.0953. The highest BCUT2D eigenvalue weighted by molar-refractivity contribution is 6.02. The number of aromatic nitrogens is 1. The van der Waals surface area contributed by atoms with Crippen LogP contribution >= 0.6 is 0 Å². The number of halogens is 1. The summed E-state index contributed by atoms with van der Waals surface area (Å²) in [7, 11) is 1.50. The van der Waals surface area contributed by atoms with E-state index in [0.717, 1.165) is 11.3 Å². The van der Waals surface area contributed by atoms with Crippen molar-refractivity contribution in [1.82, 2.24) is 15.6 Å². The van der Waals surface area contributed by atoms with Crippen LogP contribution < -0.4 is 15.4 Å². The fraction of sp³-hybridized carbons (Fsp3) is 0.240. The van der Waals surface area contributed by atoms with Crippen molar-refractivity contribution in [3.05, 3.63) is 94.8 Å². The van der Waals surface area contributed by atoms with Gasteiger partial charge in [0.2, 0.25) is 0 Å². The molecule has 0 unspecified atom stereocenters. The highest BCUT2D eigenvalue weighted by atomic mass is 19.1. The van der Waals surface area contributed by atoms with Crippen molar-refractivity contribution in [3.8, 4) is 5.75 Å². The topological polar surface area (TPSA) is 80.3 Å². The number of fused-ring (bicyclic) bond motifs is 1. The Labute approximate surface area is 185 Å². The zero-order valence-electron chi connectivity index (χ0n) is 17.7. The molecule has 2 aromatic carbocycles. The molecule has 32 heavy (non-hydrogen) atoms. The molecule has 2 atom stereocenters. The number of carbonyl (C=O) groups is 2. The van der Waals surface area contributed by atoms with Crippen LogP contribution in [0.5, 0.6) is 5.75 Å². The van der Waals surface area contributed by atoms with E-state index in [9.17, 15) is 14.0 Å². The van der Waals surface area contributed by atoms with Crippen molar-refractivity contribution in [2.45, 2.75) is 18.4 Å². The van der Waals surface area contributed by atoms with Crippen molar-refractivity contribution < 1.29 is 18.7 Å². The van der Waals surface area contributed by atoms with Crippen LogP contribution in [0.3, 0.4) is 0 Å². The molecule has 6 nitrogen and oxygen atoms in total. The van der Waals surface area contributed by atoms with E-state index in [4.69, 9.17) is 4.74 Å². The maximum Gasteiger partial charge on any atom is 0.254 e. The summed E-state index contributed by atoms with van der Waals surface area (Å²) in [5.74, 6) is -0.799. The number of carbonyl (C=O) groups excluding carboxylic acids is 2. The highest BCUT2D eigenvalue weighted by Crippen LogP contribution is 2.45. The Morgan fingerprint density at radius 3 is 2.53 bits per heavy atom. The molecular weight excluding hydrogens is 409 g/mol. The molecule has 0 radical (unpaired) electrons. The van der Waals surface area contributed by atoms with Gasteiger partial charge in [-0.2, -0.15) is 0 Å². The second-order valence-electron chi connectivity index (χ2n) is 7.55. The number of ether oxygens (including phenoxy) is 1. The van der Waals surface area contributed by atoms with Crippen molar-refractivity contribution >= 4 is 11.8 Å². The normalized spacial score (nSPS) is 16.7. The lowest BCUT2D eigenvalue weighted by atomic mass is 9.86. The first-order valence-electron chi connectivity index (χ1n) is 10.5. The molecule has 0 bridgehead atoms. The monoisotopic (exact) mass is 433 g/mol. The Morgan fingerprint density at radius 1 is 1.06 bits per heavy atom. The van der Waals surface area contributed by atoms with Crippen LogP contribution in [0.1, 0.15) is 43.5 Å². The van der Waals surface area contributed by atoms with Crippen molar-refractivity contribution in [1.29, 1.82) is 0 Å². The SMILES string of the molecule is CNC(=O)c1cc(C(=O)NCCc2ccccn2)cc2c1O[C@@H](CF)[C@@H]2c1ccccc1. The summed E-state index contributed by atoms with van der Waals surface area (Å²) in [6.07, 6.45) is 1.52. The Balaban J connectivity index is 1.66. The quantitative estimate of drug-likeness (QED) is 0.599. The van der Waals surface area contributed by atoms with Gasteiger partial charge in [-0.05, 0) is 29.8 Å². The second kappa shape index (κ2) is 9.60. The average Bonchev–Trinajstić information content (AvgIpc) is 3.22. The van der Waals surface area contributed by atoms with E-state index < -0.39 is 24.6 Å². The van der Waals surface area contributed by atoms with E-state index in [0.29, 0.717) is 29.8 Å². The zero-order chi connectivity index (χ0) is 22.5. The number of alkyl halides is 1. The average molecular weight is 433 g/mol. The van der Waals surface area contributed by atoms with E-state index in [-0.39, 0.29) is 11.5 Å². The van der Waals surface area contributed by atoms with Crippen LogP contribution in [0.15, 0.2) is 66.9 Å². The summed E-state index contributed by atoms with van der Waals surface area (Å²) in [5, 5.41) is 5.45. The fourth-order valence-electron chi connectivity index (χ4n) is 4.00. The predicted octanol–water partition coefficient (Wildman–Crippen LogP) is 3.28. The summed E-state index contributed by atoms with van der Waals surface area (Å²) in [4.78, 5) is 29.7. The third-order valence-electron chi connectivity index (χ3n) is 5.53. The largest absolute Gasteiger partial charge is 0.486 e. The molecule has 0 aliphatic carbocycles. The van der Waals surface area contributed by atoms with E-state index >= 15 is 0 Å². The fourth-order valence-corrected chi connectivity index (χ4v) is 4.00. The van der Waals surface area contributed by atoms with Crippen LogP contribution in [-0.2, 0) is 6.42 Å². The van der Waals surface area contributed by atoms with Gasteiger partial charge in [0.25, 0.3) is 11.8 Å². The number of benzene rings is 2. The smallest absolute Gasteiger partial charge is 0.254 e. The molecule has 2 N–H and O–H groups in total. The van der Waals surface area contributed by atoms with E-state index in [1.807, 2.05) is 48.5 Å². The van der Waals surface area contributed by atoms with Crippen LogP contribution in [0.25, 0.3) is 0 Å². The van der Waals surface area contributed by atoms with Gasteiger partial charge in [-0.1, -0.05) is 36.4 Å². The van der Waals surface area contributed by atoms with Crippen LogP contribution in [0, 0.1) is 0 Å². The van der Waals surface area contributed by atoms with Gasteiger partial charge in [0, 0.05) is 43.0 Å². The van der Waals surface area contributed by atoms with Gasteiger partial charge in [-0.25, -0.2) is 4.39 Å². The molecule has 1 aromatic heterocycles. The summed E-state index contributed by atoms with van der Waals surface area (Å²) in [6, 6.07) is 18.2. The van der Waals surface area contributed by atoms with Crippen LogP contribution in [-0.4, -0.2) is 43.2 Å². The van der Waals surface area contributed by atoms with E-state index in [1.165, 1.54) is 13.1 Å².